The molecule has 0 atom stereocenters. The predicted octanol–water partition coefficient (Wildman–Crippen LogP) is 2.43. The second-order valence-electron chi connectivity index (χ2n) is 6.51. The molecule has 8 heteroatoms. The lowest BCUT2D eigenvalue weighted by Gasteiger charge is -2.22. The molecule has 29 heavy (non-hydrogen) atoms. The number of ketones is 2. The number of allylic oxidation sites excluding steroid dienone is 2. The van der Waals surface area contributed by atoms with Gasteiger partial charge in [0.15, 0.2) is 0 Å². The Kier molecular flexibility index (Phi) is 4.26. The van der Waals surface area contributed by atoms with Crippen LogP contribution in [0.5, 0.6) is 5.75 Å². The van der Waals surface area contributed by atoms with Gasteiger partial charge in [-0.3, -0.25) is 14.2 Å². The van der Waals surface area contributed by atoms with Crippen LogP contribution in [0.15, 0.2) is 46.6 Å². The summed E-state index contributed by atoms with van der Waals surface area (Å²) in [6.07, 6.45) is 0. The highest BCUT2D eigenvalue weighted by Crippen LogP contribution is 2.39. The van der Waals surface area contributed by atoms with E-state index in [0.717, 1.165) is 0 Å². The maximum atomic E-state index is 13.3. The number of H-pyrrole nitrogens is 1. The Morgan fingerprint density at radius 1 is 0.828 bits per heavy atom. The van der Waals surface area contributed by atoms with Crippen LogP contribution >= 0.6 is 0 Å². The Morgan fingerprint density at radius 3 is 2.03 bits per heavy atom. The summed E-state index contributed by atoms with van der Waals surface area (Å²) in [5, 5.41) is 0. The predicted molar refractivity (Wildman–Crippen MR) is 105 cm³/mol. The quantitative estimate of drug-likeness (QED) is 0.730. The molecule has 0 amide bonds. The lowest BCUT2D eigenvalue weighted by molar-refractivity contribution is 0.0830. The van der Waals surface area contributed by atoms with Crippen molar-refractivity contribution in [1.82, 2.24) is 9.55 Å². The number of aromatic amines is 1. The van der Waals surface area contributed by atoms with Crippen LogP contribution in [0.25, 0.3) is 22.2 Å². The number of imidazole rings is 1. The minimum Gasteiger partial charge on any atom is -0.497 e. The molecule has 4 rings (SSSR count). The first-order valence-electron chi connectivity index (χ1n) is 8.74. The Labute approximate surface area is 165 Å². The topological polar surface area (TPSA) is 99.6 Å². The van der Waals surface area contributed by atoms with Crippen molar-refractivity contribution in [2.45, 2.75) is 0 Å². The third-order valence-electron chi connectivity index (χ3n) is 5.08. The smallest absolute Gasteiger partial charge is 0.326 e. The van der Waals surface area contributed by atoms with Gasteiger partial charge in [-0.25, -0.2) is 4.79 Å². The van der Waals surface area contributed by atoms with Crippen LogP contribution in [0.4, 0.5) is 0 Å². The van der Waals surface area contributed by atoms with Gasteiger partial charge in [-0.05, 0) is 23.8 Å². The number of benzene rings is 2. The lowest BCUT2D eigenvalue weighted by atomic mass is 9.85. The molecular weight excluding hydrogens is 376 g/mol. The maximum Gasteiger partial charge on any atom is 0.326 e. The Hall–Kier alpha value is -3.81. The van der Waals surface area contributed by atoms with E-state index in [-0.39, 0.29) is 28.3 Å². The summed E-state index contributed by atoms with van der Waals surface area (Å²) >= 11 is 0. The van der Waals surface area contributed by atoms with Gasteiger partial charge in [0.25, 0.3) is 0 Å². The van der Waals surface area contributed by atoms with Crippen molar-refractivity contribution < 1.29 is 23.8 Å². The molecule has 2 aromatic carbocycles. The molecule has 0 bridgehead atoms. The summed E-state index contributed by atoms with van der Waals surface area (Å²) in [6.45, 7) is 0. The molecule has 0 saturated heterocycles. The molecule has 1 aromatic heterocycles. The summed E-state index contributed by atoms with van der Waals surface area (Å²) in [7, 11) is 5.75. The first-order chi connectivity index (χ1) is 13.9. The van der Waals surface area contributed by atoms with E-state index in [1.165, 1.54) is 24.9 Å². The van der Waals surface area contributed by atoms with Gasteiger partial charge in [-0.1, -0.05) is 12.1 Å². The number of hydrogen-bond donors (Lipinski definition) is 1. The molecule has 0 saturated carbocycles. The molecule has 0 spiro atoms. The van der Waals surface area contributed by atoms with Crippen LogP contribution in [0, 0.1) is 0 Å². The molecular formula is C21H18N2O6. The number of nitrogens with one attached hydrogen (secondary N) is 1. The number of methoxy groups -OCH3 is 3. The normalized spacial score (nSPS) is 13.7. The minimum absolute atomic E-state index is 0.153. The van der Waals surface area contributed by atoms with E-state index in [1.54, 1.807) is 38.4 Å². The van der Waals surface area contributed by atoms with Gasteiger partial charge >= 0.3 is 5.69 Å². The summed E-state index contributed by atoms with van der Waals surface area (Å²) in [4.78, 5) is 41.4. The second kappa shape index (κ2) is 6.66. The summed E-state index contributed by atoms with van der Waals surface area (Å²) < 4.78 is 16.9. The molecule has 1 aliphatic carbocycles. The van der Waals surface area contributed by atoms with Crippen molar-refractivity contribution in [2.75, 3.05) is 21.3 Å². The molecule has 0 unspecified atom stereocenters. The molecule has 1 N–H and O–H groups in total. The standard InChI is InChI=1S/C21H18N2O6/c1-23-13-9-12-15(18(25)20(29-4)19(28-3)17(12)24)14(16(13)22-21(23)26)10-5-7-11(27-2)8-6-10/h5-9H,1-4H3,(H,22,26). The van der Waals surface area contributed by atoms with Crippen molar-refractivity contribution in [1.29, 1.82) is 0 Å². The largest absolute Gasteiger partial charge is 0.497 e. The number of ether oxygens (including phenoxy) is 3. The number of rotatable bonds is 4. The van der Waals surface area contributed by atoms with Crippen LogP contribution in [0.2, 0.25) is 0 Å². The van der Waals surface area contributed by atoms with E-state index in [4.69, 9.17) is 14.2 Å². The second-order valence-corrected chi connectivity index (χ2v) is 6.51. The summed E-state index contributed by atoms with van der Waals surface area (Å²) in [6, 6.07) is 8.54. The van der Waals surface area contributed by atoms with Crippen molar-refractivity contribution in [3.8, 4) is 16.9 Å². The van der Waals surface area contributed by atoms with E-state index >= 15 is 0 Å². The molecule has 0 fully saturated rings. The highest BCUT2D eigenvalue weighted by Gasteiger charge is 2.38. The van der Waals surface area contributed by atoms with Crippen molar-refractivity contribution in [2.24, 2.45) is 7.05 Å². The molecule has 1 heterocycles. The Morgan fingerprint density at radius 2 is 1.45 bits per heavy atom. The van der Waals surface area contributed by atoms with E-state index in [0.29, 0.717) is 27.9 Å². The fourth-order valence-corrected chi connectivity index (χ4v) is 3.63. The highest BCUT2D eigenvalue weighted by atomic mass is 16.5. The fourth-order valence-electron chi connectivity index (χ4n) is 3.63. The Bertz CT molecular complexity index is 1260. The molecule has 0 aliphatic heterocycles. The SMILES string of the molecule is COC1=C(OC)C(=O)c2c(cc3c([nH]c(=O)n3C)c2-c2ccc(OC)cc2)C1=O. The van der Waals surface area contributed by atoms with Gasteiger partial charge in [0.05, 0.1) is 32.4 Å². The number of fused-ring (bicyclic) bond motifs is 2. The summed E-state index contributed by atoms with van der Waals surface area (Å²) in [5.74, 6) is -0.665. The third kappa shape index (κ3) is 2.56. The number of carbonyl (C=O) groups excluding carboxylic acids is 2. The van der Waals surface area contributed by atoms with Crippen molar-refractivity contribution in [3.05, 3.63) is 63.5 Å². The average molecular weight is 394 g/mol. The van der Waals surface area contributed by atoms with Crippen LogP contribution in [-0.2, 0) is 16.5 Å². The van der Waals surface area contributed by atoms with E-state index in [9.17, 15) is 14.4 Å². The van der Waals surface area contributed by atoms with E-state index in [2.05, 4.69) is 4.98 Å². The number of nitrogens with zero attached hydrogens (tertiary/aromatic N) is 1. The minimum atomic E-state index is -0.489. The van der Waals surface area contributed by atoms with E-state index in [1.807, 2.05) is 0 Å². The first kappa shape index (κ1) is 18.5. The molecule has 8 nitrogen and oxygen atoms in total. The highest BCUT2D eigenvalue weighted by molar-refractivity contribution is 6.29. The van der Waals surface area contributed by atoms with Gasteiger partial charge in [-0.2, -0.15) is 0 Å². The molecule has 3 aromatic rings. The molecule has 0 radical (unpaired) electrons. The van der Waals surface area contributed by atoms with Gasteiger partial charge < -0.3 is 19.2 Å². The zero-order valence-electron chi connectivity index (χ0n) is 16.3. The molecule has 148 valence electrons. The number of aromatic nitrogens is 2. The summed E-state index contributed by atoms with van der Waals surface area (Å²) in [5.41, 5.74) is 2.00. The Balaban J connectivity index is 2.15. The zero-order chi connectivity index (χ0) is 20.9. The van der Waals surface area contributed by atoms with Crippen molar-refractivity contribution >= 4 is 22.6 Å². The number of carbonyl (C=O) groups is 2. The van der Waals surface area contributed by atoms with E-state index < -0.39 is 11.6 Å². The molecule has 1 aliphatic rings. The maximum absolute atomic E-state index is 13.3. The van der Waals surface area contributed by atoms with Gasteiger partial charge in [-0.15, -0.1) is 0 Å². The van der Waals surface area contributed by atoms with Gasteiger partial charge in [0.1, 0.15) is 5.75 Å². The number of hydrogen-bond acceptors (Lipinski definition) is 6. The first-order valence-corrected chi connectivity index (χ1v) is 8.74. The van der Waals surface area contributed by atoms with Gasteiger partial charge in [0, 0.05) is 23.7 Å². The third-order valence-corrected chi connectivity index (χ3v) is 5.08. The number of Topliss-reactive ketones (excluding diaryl/α,β-unsaturated/α-hetero) is 2. The van der Waals surface area contributed by atoms with Crippen molar-refractivity contribution in [3.63, 3.8) is 0 Å². The van der Waals surface area contributed by atoms with Crippen LogP contribution in [0.1, 0.15) is 20.7 Å². The monoisotopic (exact) mass is 394 g/mol. The lowest BCUT2D eigenvalue weighted by Crippen LogP contribution is -2.25. The van der Waals surface area contributed by atoms with Crippen LogP contribution < -0.4 is 10.4 Å². The van der Waals surface area contributed by atoms with Crippen LogP contribution in [0.3, 0.4) is 0 Å². The van der Waals surface area contributed by atoms with Gasteiger partial charge in [0.2, 0.25) is 23.1 Å². The average Bonchev–Trinajstić information content (AvgIpc) is 3.02. The zero-order valence-corrected chi connectivity index (χ0v) is 16.3. The fraction of sp³-hybridized carbons (Fsp3) is 0.190. The number of aryl methyl sites for hydroxylation is 1. The van der Waals surface area contributed by atoms with Crippen LogP contribution in [-0.4, -0.2) is 42.4 Å².